The molecule has 0 aliphatic rings. The molecule has 1 aromatic carbocycles. The van der Waals surface area contributed by atoms with Crippen LogP contribution in [0, 0.1) is 9.39 Å². The van der Waals surface area contributed by atoms with E-state index in [-0.39, 0.29) is 11.9 Å². The summed E-state index contributed by atoms with van der Waals surface area (Å²) in [5.41, 5.74) is 1.95. The van der Waals surface area contributed by atoms with Crippen molar-refractivity contribution >= 4 is 22.6 Å². The number of nitrogens with zero attached hydrogens (tertiary/aromatic N) is 2. The first-order chi connectivity index (χ1) is 10.1. The highest BCUT2D eigenvalue weighted by Gasteiger charge is 2.16. The Hall–Kier alpha value is -1.28. The van der Waals surface area contributed by atoms with E-state index in [0.717, 1.165) is 21.4 Å². The average Bonchev–Trinajstić information content (AvgIpc) is 2.47. The molecule has 4 nitrogen and oxygen atoms in total. The molecular weight excluding hydrogens is 384 g/mol. The van der Waals surface area contributed by atoms with E-state index in [1.165, 1.54) is 12.4 Å². The second kappa shape index (κ2) is 7.65. The Morgan fingerprint density at radius 1 is 1.33 bits per heavy atom. The maximum absolute atomic E-state index is 13.3. The number of benzene rings is 1. The summed E-state index contributed by atoms with van der Waals surface area (Å²) < 4.78 is 19.3. The molecule has 0 saturated carbocycles. The molecule has 1 N–H and O–H groups in total. The van der Waals surface area contributed by atoms with Crippen molar-refractivity contribution in [2.75, 3.05) is 13.7 Å². The summed E-state index contributed by atoms with van der Waals surface area (Å²) >= 11 is 2.16. The van der Waals surface area contributed by atoms with Gasteiger partial charge in [-0.25, -0.2) is 14.4 Å². The van der Waals surface area contributed by atoms with E-state index in [1.807, 2.05) is 19.1 Å². The third kappa shape index (κ3) is 4.34. The van der Waals surface area contributed by atoms with Gasteiger partial charge in [0.05, 0.1) is 7.11 Å². The molecule has 0 spiro atoms. The van der Waals surface area contributed by atoms with E-state index < -0.39 is 0 Å². The highest BCUT2D eigenvalue weighted by atomic mass is 127. The summed E-state index contributed by atoms with van der Waals surface area (Å²) in [5, 5.41) is 3.42. The lowest BCUT2D eigenvalue weighted by atomic mass is 10.0. The van der Waals surface area contributed by atoms with Crippen molar-refractivity contribution in [2.24, 2.45) is 0 Å². The van der Waals surface area contributed by atoms with E-state index in [1.54, 1.807) is 13.2 Å². The molecule has 2 aromatic rings. The van der Waals surface area contributed by atoms with Crippen LogP contribution in [-0.2, 0) is 6.42 Å². The Balaban J connectivity index is 2.26. The number of ether oxygens (including phenoxy) is 1. The van der Waals surface area contributed by atoms with Gasteiger partial charge in [-0.05, 0) is 46.8 Å². The molecule has 0 fully saturated rings. The maximum atomic E-state index is 13.3. The monoisotopic (exact) mass is 401 g/mol. The summed E-state index contributed by atoms with van der Waals surface area (Å²) in [4.78, 5) is 8.28. The number of halogens is 2. The molecular formula is C15H17FIN3O. The zero-order valence-corrected chi connectivity index (χ0v) is 14.1. The highest BCUT2D eigenvalue weighted by molar-refractivity contribution is 14.1. The number of nitrogens with one attached hydrogen (secondary N) is 1. The first kappa shape index (κ1) is 16.1. The second-order valence-electron chi connectivity index (χ2n) is 4.53. The van der Waals surface area contributed by atoms with Gasteiger partial charge >= 0.3 is 0 Å². The summed E-state index contributed by atoms with van der Waals surface area (Å²) in [7, 11) is 1.58. The average molecular weight is 401 g/mol. The Kier molecular flexibility index (Phi) is 5.86. The molecule has 0 bridgehead atoms. The van der Waals surface area contributed by atoms with Crippen LogP contribution in [0.25, 0.3) is 0 Å². The fourth-order valence-electron chi connectivity index (χ4n) is 2.13. The Labute approximate surface area is 137 Å². The van der Waals surface area contributed by atoms with Crippen molar-refractivity contribution in [3.05, 3.63) is 51.2 Å². The summed E-state index contributed by atoms with van der Waals surface area (Å²) in [6.45, 7) is 2.87. The largest absolute Gasteiger partial charge is 0.481 e. The van der Waals surface area contributed by atoms with Crippen molar-refractivity contribution < 1.29 is 9.13 Å². The van der Waals surface area contributed by atoms with Crippen LogP contribution in [0.1, 0.15) is 24.2 Å². The molecule has 1 atom stereocenters. The lowest BCUT2D eigenvalue weighted by molar-refractivity contribution is 0.395. The predicted octanol–water partition coefficient (Wildman–Crippen LogP) is 3.12. The van der Waals surface area contributed by atoms with Crippen LogP contribution in [-0.4, -0.2) is 23.6 Å². The molecule has 0 aliphatic heterocycles. The first-order valence-electron chi connectivity index (χ1n) is 6.67. The Bertz CT molecular complexity index is 609. The second-order valence-corrected chi connectivity index (χ2v) is 5.69. The number of hydrogen-bond donors (Lipinski definition) is 1. The van der Waals surface area contributed by atoms with Crippen LogP contribution in [0.3, 0.4) is 0 Å². The van der Waals surface area contributed by atoms with Crippen LogP contribution in [0.5, 0.6) is 5.88 Å². The Morgan fingerprint density at radius 3 is 2.81 bits per heavy atom. The maximum Gasteiger partial charge on any atom is 0.216 e. The van der Waals surface area contributed by atoms with Crippen molar-refractivity contribution in [3.8, 4) is 5.88 Å². The lowest BCUT2D eigenvalue weighted by Gasteiger charge is -2.19. The summed E-state index contributed by atoms with van der Waals surface area (Å²) in [6, 6.07) is 6.74. The zero-order chi connectivity index (χ0) is 15.2. The van der Waals surface area contributed by atoms with Crippen LogP contribution < -0.4 is 10.1 Å². The van der Waals surface area contributed by atoms with Gasteiger partial charge in [-0.15, -0.1) is 0 Å². The molecule has 2 rings (SSSR count). The van der Waals surface area contributed by atoms with Gasteiger partial charge in [-0.2, -0.15) is 0 Å². The van der Waals surface area contributed by atoms with Gasteiger partial charge in [-0.3, -0.25) is 0 Å². The third-order valence-electron chi connectivity index (χ3n) is 3.11. The fraction of sp³-hybridized carbons (Fsp3) is 0.333. The predicted molar refractivity (Wildman–Crippen MR) is 87.8 cm³/mol. The van der Waals surface area contributed by atoms with E-state index >= 15 is 0 Å². The lowest BCUT2D eigenvalue weighted by Crippen LogP contribution is -2.24. The van der Waals surface area contributed by atoms with Gasteiger partial charge < -0.3 is 10.1 Å². The van der Waals surface area contributed by atoms with Crippen LogP contribution >= 0.6 is 22.6 Å². The number of methoxy groups -OCH3 is 1. The summed E-state index contributed by atoms with van der Waals surface area (Å²) in [5.74, 6) is 0.325. The van der Waals surface area contributed by atoms with E-state index in [4.69, 9.17) is 4.74 Å². The Morgan fingerprint density at radius 2 is 2.14 bits per heavy atom. The zero-order valence-electron chi connectivity index (χ0n) is 11.9. The van der Waals surface area contributed by atoms with Gasteiger partial charge in [0.25, 0.3) is 0 Å². The van der Waals surface area contributed by atoms with Gasteiger partial charge in [0.2, 0.25) is 5.88 Å². The number of aromatic nitrogens is 2. The van der Waals surface area contributed by atoms with Crippen molar-refractivity contribution in [3.63, 3.8) is 0 Å². The highest BCUT2D eigenvalue weighted by Crippen LogP contribution is 2.24. The van der Waals surface area contributed by atoms with E-state index in [2.05, 4.69) is 37.9 Å². The van der Waals surface area contributed by atoms with E-state index in [9.17, 15) is 4.39 Å². The minimum absolute atomic E-state index is 0.0714. The topological polar surface area (TPSA) is 47.0 Å². The van der Waals surface area contributed by atoms with Crippen molar-refractivity contribution in [1.29, 1.82) is 0 Å². The van der Waals surface area contributed by atoms with Crippen LogP contribution in [0.4, 0.5) is 4.39 Å². The molecule has 1 heterocycles. The van der Waals surface area contributed by atoms with Gasteiger partial charge in [0.1, 0.15) is 12.1 Å². The smallest absolute Gasteiger partial charge is 0.216 e. The molecule has 112 valence electrons. The van der Waals surface area contributed by atoms with Gasteiger partial charge in [-0.1, -0.05) is 13.0 Å². The number of rotatable bonds is 6. The molecule has 0 amide bonds. The van der Waals surface area contributed by atoms with E-state index in [0.29, 0.717) is 12.3 Å². The normalized spacial score (nSPS) is 12.2. The van der Waals surface area contributed by atoms with Crippen LogP contribution in [0.15, 0.2) is 30.6 Å². The van der Waals surface area contributed by atoms with Crippen LogP contribution in [0.2, 0.25) is 0 Å². The van der Waals surface area contributed by atoms with Gasteiger partial charge in [0, 0.05) is 27.8 Å². The standard InChI is InChI=1S/C15H17FIN3O/c1-3-18-14(12-5-4-10(16)6-13(12)17)7-11-8-15(21-2)20-9-19-11/h4-6,8-9,14,18H,3,7H2,1-2H3. The number of likely N-dealkylation sites (N-methyl/N-ethyl adjacent to an activating group) is 1. The molecule has 6 heteroatoms. The molecule has 0 radical (unpaired) electrons. The molecule has 1 unspecified atom stereocenters. The summed E-state index contributed by atoms with van der Waals surface area (Å²) in [6.07, 6.45) is 2.18. The van der Waals surface area contributed by atoms with Gasteiger partial charge in [0.15, 0.2) is 0 Å². The molecule has 0 aliphatic carbocycles. The fourth-order valence-corrected chi connectivity index (χ4v) is 2.99. The minimum atomic E-state index is -0.220. The quantitative estimate of drug-likeness (QED) is 0.756. The SMILES string of the molecule is CCNC(Cc1cc(OC)ncn1)c1ccc(F)cc1I. The molecule has 0 saturated heterocycles. The number of hydrogen-bond acceptors (Lipinski definition) is 4. The van der Waals surface area contributed by atoms with Crippen molar-refractivity contribution in [1.82, 2.24) is 15.3 Å². The third-order valence-corrected chi connectivity index (χ3v) is 4.04. The molecule has 21 heavy (non-hydrogen) atoms. The van der Waals surface area contributed by atoms with Crippen molar-refractivity contribution in [2.45, 2.75) is 19.4 Å². The minimum Gasteiger partial charge on any atom is -0.481 e. The molecule has 1 aromatic heterocycles. The first-order valence-corrected chi connectivity index (χ1v) is 7.75.